The second-order valence-electron chi connectivity index (χ2n) is 4.26. The van der Waals surface area contributed by atoms with Crippen LogP contribution in [-0.4, -0.2) is 5.91 Å². The Hall–Kier alpha value is -1.43. The lowest BCUT2D eigenvalue weighted by atomic mass is 10.1. The minimum atomic E-state index is -0.278. The summed E-state index contributed by atoms with van der Waals surface area (Å²) in [6.07, 6.45) is 0. The van der Waals surface area contributed by atoms with Gasteiger partial charge in [-0.25, -0.2) is 4.39 Å². The van der Waals surface area contributed by atoms with Gasteiger partial charge in [0.1, 0.15) is 5.82 Å². The number of amides is 1. The number of carbonyl (C=O) groups is 1. The zero-order valence-corrected chi connectivity index (χ0v) is 12.5. The molecular formula is C15H13FINO. The molecule has 0 saturated heterocycles. The van der Waals surface area contributed by atoms with E-state index >= 15 is 0 Å². The Morgan fingerprint density at radius 3 is 2.53 bits per heavy atom. The van der Waals surface area contributed by atoms with E-state index in [0.29, 0.717) is 5.56 Å². The summed E-state index contributed by atoms with van der Waals surface area (Å²) in [6, 6.07) is 13.4. The lowest BCUT2D eigenvalue weighted by Crippen LogP contribution is -2.26. The van der Waals surface area contributed by atoms with Gasteiger partial charge in [-0.1, -0.05) is 18.2 Å². The highest BCUT2D eigenvalue weighted by Crippen LogP contribution is 2.14. The summed E-state index contributed by atoms with van der Waals surface area (Å²) < 4.78 is 13.8. The maximum Gasteiger partial charge on any atom is 0.251 e. The fraction of sp³-hybridized carbons (Fsp3) is 0.133. The van der Waals surface area contributed by atoms with Crippen LogP contribution in [0.4, 0.5) is 4.39 Å². The van der Waals surface area contributed by atoms with Crippen molar-refractivity contribution in [3.8, 4) is 0 Å². The van der Waals surface area contributed by atoms with Crippen molar-refractivity contribution < 1.29 is 9.18 Å². The first-order chi connectivity index (χ1) is 9.06. The molecule has 0 spiro atoms. The predicted molar refractivity (Wildman–Crippen MR) is 81.4 cm³/mol. The quantitative estimate of drug-likeness (QED) is 0.817. The van der Waals surface area contributed by atoms with Gasteiger partial charge < -0.3 is 5.32 Å². The third kappa shape index (κ3) is 3.76. The van der Waals surface area contributed by atoms with E-state index in [1.807, 2.05) is 25.1 Å². The van der Waals surface area contributed by atoms with Gasteiger partial charge in [-0.15, -0.1) is 0 Å². The Labute approximate surface area is 125 Å². The van der Waals surface area contributed by atoms with Crippen molar-refractivity contribution in [3.63, 3.8) is 0 Å². The minimum Gasteiger partial charge on any atom is -0.346 e. The summed E-state index contributed by atoms with van der Waals surface area (Å²) in [5.74, 6) is -0.407. The Balaban J connectivity index is 2.08. The van der Waals surface area contributed by atoms with E-state index in [1.54, 1.807) is 18.2 Å². The zero-order chi connectivity index (χ0) is 13.8. The van der Waals surface area contributed by atoms with Crippen LogP contribution in [0.15, 0.2) is 48.5 Å². The summed E-state index contributed by atoms with van der Waals surface area (Å²) >= 11 is 2.17. The third-order valence-corrected chi connectivity index (χ3v) is 3.48. The smallest absolute Gasteiger partial charge is 0.251 e. The molecule has 0 aliphatic carbocycles. The minimum absolute atomic E-state index is 0.129. The van der Waals surface area contributed by atoms with Crippen molar-refractivity contribution in [1.82, 2.24) is 5.32 Å². The van der Waals surface area contributed by atoms with Crippen LogP contribution in [0.2, 0.25) is 0 Å². The summed E-state index contributed by atoms with van der Waals surface area (Å²) in [7, 11) is 0. The largest absolute Gasteiger partial charge is 0.346 e. The lowest BCUT2D eigenvalue weighted by Gasteiger charge is -2.14. The Morgan fingerprint density at radius 2 is 1.89 bits per heavy atom. The monoisotopic (exact) mass is 369 g/mol. The van der Waals surface area contributed by atoms with Gasteiger partial charge >= 0.3 is 0 Å². The normalized spacial score (nSPS) is 11.9. The Bertz CT molecular complexity index is 583. The lowest BCUT2D eigenvalue weighted by molar-refractivity contribution is 0.0940. The van der Waals surface area contributed by atoms with Gasteiger partial charge in [0, 0.05) is 9.13 Å². The number of nitrogens with one attached hydrogen (secondary N) is 1. The molecule has 0 aliphatic heterocycles. The molecule has 0 bridgehead atoms. The maximum atomic E-state index is 12.8. The van der Waals surface area contributed by atoms with Crippen molar-refractivity contribution >= 4 is 28.5 Å². The molecule has 1 amide bonds. The number of carbonyl (C=O) groups excluding carboxylic acids is 1. The third-order valence-electron chi connectivity index (χ3n) is 2.80. The first kappa shape index (κ1) is 14.0. The molecule has 0 aromatic heterocycles. The highest BCUT2D eigenvalue weighted by molar-refractivity contribution is 14.1. The van der Waals surface area contributed by atoms with Gasteiger partial charge in [-0.2, -0.15) is 0 Å². The molecule has 1 unspecified atom stereocenters. The first-order valence-corrected chi connectivity index (χ1v) is 6.96. The van der Waals surface area contributed by atoms with Crippen LogP contribution in [0, 0.1) is 9.39 Å². The highest BCUT2D eigenvalue weighted by Gasteiger charge is 2.11. The van der Waals surface area contributed by atoms with E-state index in [-0.39, 0.29) is 17.8 Å². The topological polar surface area (TPSA) is 29.1 Å². The predicted octanol–water partition coefficient (Wildman–Crippen LogP) is 3.92. The molecule has 2 aromatic carbocycles. The molecule has 2 aromatic rings. The standard InChI is InChI=1S/C15H13FINO/c1-10(11-5-7-13(16)8-6-11)18-15(19)12-3-2-4-14(17)9-12/h2-10H,1H3,(H,18,19). The molecule has 0 aliphatic rings. The SMILES string of the molecule is CC(NC(=O)c1cccc(I)c1)c1ccc(F)cc1. The van der Waals surface area contributed by atoms with Crippen LogP contribution in [0.25, 0.3) is 0 Å². The molecule has 0 saturated carbocycles. The van der Waals surface area contributed by atoms with Crippen LogP contribution in [0.5, 0.6) is 0 Å². The summed E-state index contributed by atoms with van der Waals surface area (Å²) in [5, 5.41) is 2.89. The summed E-state index contributed by atoms with van der Waals surface area (Å²) in [6.45, 7) is 1.87. The average molecular weight is 369 g/mol. The van der Waals surface area contributed by atoms with Gasteiger partial charge in [0.25, 0.3) is 5.91 Å². The summed E-state index contributed by atoms with van der Waals surface area (Å²) in [4.78, 5) is 12.1. The molecular weight excluding hydrogens is 356 g/mol. The molecule has 0 fully saturated rings. The molecule has 4 heteroatoms. The van der Waals surface area contributed by atoms with E-state index in [2.05, 4.69) is 27.9 Å². The van der Waals surface area contributed by atoms with Crippen molar-refractivity contribution in [2.24, 2.45) is 0 Å². The molecule has 98 valence electrons. The van der Waals surface area contributed by atoms with Crippen LogP contribution in [-0.2, 0) is 0 Å². The molecule has 0 radical (unpaired) electrons. The molecule has 1 atom stereocenters. The molecule has 2 nitrogen and oxygen atoms in total. The maximum absolute atomic E-state index is 12.8. The van der Waals surface area contributed by atoms with Crippen molar-refractivity contribution in [2.45, 2.75) is 13.0 Å². The number of rotatable bonds is 3. The van der Waals surface area contributed by atoms with Gasteiger partial charge in [0.2, 0.25) is 0 Å². The summed E-state index contributed by atoms with van der Waals surface area (Å²) in [5.41, 5.74) is 1.50. The Morgan fingerprint density at radius 1 is 1.21 bits per heavy atom. The van der Waals surface area contributed by atoms with Crippen LogP contribution in [0.1, 0.15) is 28.9 Å². The van der Waals surface area contributed by atoms with E-state index in [0.717, 1.165) is 9.13 Å². The molecule has 0 heterocycles. The van der Waals surface area contributed by atoms with Gasteiger partial charge in [-0.05, 0) is 65.4 Å². The van der Waals surface area contributed by atoms with E-state index < -0.39 is 0 Å². The van der Waals surface area contributed by atoms with E-state index in [9.17, 15) is 9.18 Å². The van der Waals surface area contributed by atoms with Gasteiger partial charge in [0.05, 0.1) is 6.04 Å². The Kier molecular flexibility index (Phi) is 4.52. The number of benzene rings is 2. The van der Waals surface area contributed by atoms with Crippen molar-refractivity contribution in [1.29, 1.82) is 0 Å². The second-order valence-corrected chi connectivity index (χ2v) is 5.50. The highest BCUT2D eigenvalue weighted by atomic mass is 127. The van der Waals surface area contributed by atoms with Crippen molar-refractivity contribution in [2.75, 3.05) is 0 Å². The van der Waals surface area contributed by atoms with Crippen LogP contribution >= 0.6 is 22.6 Å². The number of halogens is 2. The fourth-order valence-electron chi connectivity index (χ4n) is 1.74. The molecule has 19 heavy (non-hydrogen) atoms. The van der Waals surface area contributed by atoms with Gasteiger partial charge in [0.15, 0.2) is 0 Å². The first-order valence-electron chi connectivity index (χ1n) is 5.88. The average Bonchev–Trinajstić information content (AvgIpc) is 2.39. The van der Waals surface area contributed by atoms with Crippen LogP contribution < -0.4 is 5.32 Å². The van der Waals surface area contributed by atoms with Crippen LogP contribution in [0.3, 0.4) is 0 Å². The second kappa shape index (κ2) is 6.14. The number of hydrogen-bond acceptors (Lipinski definition) is 1. The molecule has 2 rings (SSSR count). The molecule has 1 N–H and O–H groups in total. The van der Waals surface area contributed by atoms with Gasteiger partial charge in [-0.3, -0.25) is 4.79 Å². The number of hydrogen-bond donors (Lipinski definition) is 1. The zero-order valence-electron chi connectivity index (χ0n) is 10.4. The fourth-order valence-corrected chi connectivity index (χ4v) is 2.29. The van der Waals surface area contributed by atoms with Crippen molar-refractivity contribution in [3.05, 3.63) is 69.0 Å². The van der Waals surface area contributed by atoms with E-state index in [4.69, 9.17) is 0 Å². The van der Waals surface area contributed by atoms with E-state index in [1.165, 1.54) is 12.1 Å².